The van der Waals surface area contributed by atoms with Gasteiger partial charge in [-0.3, -0.25) is 9.63 Å². The Kier molecular flexibility index (Phi) is 5.22. The Balaban J connectivity index is 2.41. The summed E-state index contributed by atoms with van der Waals surface area (Å²) in [7, 11) is 4.56. The lowest BCUT2D eigenvalue weighted by Crippen LogP contribution is -2.25. The fourth-order valence-electron chi connectivity index (χ4n) is 1.82. The normalized spacial score (nSPS) is 10.9. The van der Waals surface area contributed by atoms with Crippen LogP contribution in [-0.4, -0.2) is 45.5 Å². The van der Waals surface area contributed by atoms with Gasteiger partial charge in [0.05, 0.1) is 19.1 Å². The van der Waals surface area contributed by atoms with Crippen LogP contribution in [-0.2, 0) is 9.57 Å². The summed E-state index contributed by atoms with van der Waals surface area (Å²) in [6, 6.07) is 5.12. The number of nitrogens with zero attached hydrogens (tertiary/aromatic N) is 1. The first kappa shape index (κ1) is 15.8. The standard InChI is InChI=1S/C14H16BrNO5/c1-16(19-3)14(17)9-6-11(20-5-4-18-2)10-8-13(15)21-12(10)7-9/h6-8H,4-5H2,1-3H3. The van der Waals surface area contributed by atoms with Crippen LogP contribution in [0.5, 0.6) is 5.75 Å². The molecule has 0 aliphatic carbocycles. The van der Waals surface area contributed by atoms with Gasteiger partial charge in [0.1, 0.15) is 17.9 Å². The number of halogens is 1. The molecular weight excluding hydrogens is 342 g/mol. The lowest BCUT2D eigenvalue weighted by atomic mass is 10.1. The number of rotatable bonds is 6. The van der Waals surface area contributed by atoms with E-state index in [0.29, 0.717) is 34.8 Å². The molecule has 0 N–H and O–H groups in total. The van der Waals surface area contributed by atoms with Crippen molar-refractivity contribution < 1.29 is 23.5 Å². The van der Waals surface area contributed by atoms with Gasteiger partial charge in [0, 0.05) is 25.8 Å². The van der Waals surface area contributed by atoms with E-state index in [4.69, 9.17) is 18.7 Å². The number of fused-ring (bicyclic) bond motifs is 1. The highest BCUT2D eigenvalue weighted by Gasteiger charge is 2.17. The second-order valence-electron chi connectivity index (χ2n) is 4.26. The molecule has 2 rings (SSSR count). The van der Waals surface area contributed by atoms with Crippen LogP contribution >= 0.6 is 15.9 Å². The summed E-state index contributed by atoms with van der Waals surface area (Å²) < 4.78 is 16.7. The Morgan fingerprint density at radius 3 is 2.71 bits per heavy atom. The molecule has 0 aliphatic rings. The molecule has 0 saturated carbocycles. The minimum atomic E-state index is -0.288. The third-order valence-corrected chi connectivity index (χ3v) is 3.31. The van der Waals surface area contributed by atoms with Crippen molar-refractivity contribution in [2.45, 2.75) is 0 Å². The summed E-state index contributed by atoms with van der Waals surface area (Å²) in [5.74, 6) is 0.273. The molecule has 0 saturated heterocycles. The fraction of sp³-hybridized carbons (Fsp3) is 0.357. The van der Waals surface area contributed by atoms with Crippen molar-refractivity contribution in [2.75, 3.05) is 34.5 Å². The van der Waals surface area contributed by atoms with E-state index < -0.39 is 0 Å². The first-order chi connectivity index (χ1) is 10.1. The largest absolute Gasteiger partial charge is 0.490 e. The average molecular weight is 358 g/mol. The van der Waals surface area contributed by atoms with Crippen LogP contribution in [0.4, 0.5) is 0 Å². The molecule has 1 aromatic carbocycles. The zero-order chi connectivity index (χ0) is 15.4. The van der Waals surface area contributed by atoms with Gasteiger partial charge in [-0.2, -0.15) is 0 Å². The van der Waals surface area contributed by atoms with Gasteiger partial charge in [-0.05, 0) is 28.1 Å². The van der Waals surface area contributed by atoms with Crippen molar-refractivity contribution in [3.05, 3.63) is 28.4 Å². The van der Waals surface area contributed by atoms with Gasteiger partial charge in [-0.25, -0.2) is 5.06 Å². The zero-order valence-corrected chi connectivity index (χ0v) is 13.6. The van der Waals surface area contributed by atoms with Gasteiger partial charge in [-0.1, -0.05) is 0 Å². The van der Waals surface area contributed by atoms with Crippen LogP contribution in [0.3, 0.4) is 0 Å². The Morgan fingerprint density at radius 1 is 1.29 bits per heavy atom. The van der Waals surface area contributed by atoms with Crippen molar-refractivity contribution >= 4 is 32.8 Å². The maximum atomic E-state index is 12.2. The molecule has 0 radical (unpaired) electrons. The Labute approximate surface area is 130 Å². The number of benzene rings is 1. The van der Waals surface area contributed by atoms with E-state index in [0.717, 1.165) is 10.4 Å². The molecule has 0 aliphatic heterocycles. The number of ether oxygens (including phenoxy) is 2. The molecule has 0 atom stereocenters. The van der Waals surface area contributed by atoms with E-state index in [9.17, 15) is 4.79 Å². The van der Waals surface area contributed by atoms with E-state index in [-0.39, 0.29) is 5.91 Å². The maximum Gasteiger partial charge on any atom is 0.277 e. The van der Waals surface area contributed by atoms with E-state index in [1.807, 2.05) is 0 Å². The van der Waals surface area contributed by atoms with Crippen LogP contribution < -0.4 is 4.74 Å². The molecule has 0 fully saturated rings. The minimum absolute atomic E-state index is 0.288. The Morgan fingerprint density at radius 2 is 2.05 bits per heavy atom. The summed E-state index contributed by atoms with van der Waals surface area (Å²) >= 11 is 3.28. The van der Waals surface area contributed by atoms with Crippen molar-refractivity contribution in [1.29, 1.82) is 0 Å². The molecule has 2 aromatic rings. The van der Waals surface area contributed by atoms with Gasteiger partial charge in [0.25, 0.3) is 5.91 Å². The summed E-state index contributed by atoms with van der Waals surface area (Å²) in [5.41, 5.74) is 0.978. The average Bonchev–Trinajstić information content (AvgIpc) is 2.86. The lowest BCUT2D eigenvalue weighted by Gasteiger charge is -2.14. The topological polar surface area (TPSA) is 61.1 Å². The Hall–Kier alpha value is -1.57. The SMILES string of the molecule is COCCOc1cc(C(=O)N(C)OC)cc2oc(Br)cc12. The molecule has 0 bridgehead atoms. The predicted molar refractivity (Wildman–Crippen MR) is 80.4 cm³/mol. The number of hydroxylamine groups is 2. The molecule has 1 heterocycles. The van der Waals surface area contributed by atoms with E-state index in [2.05, 4.69) is 15.9 Å². The van der Waals surface area contributed by atoms with E-state index in [1.165, 1.54) is 14.2 Å². The quantitative estimate of drug-likeness (QED) is 0.587. The second kappa shape index (κ2) is 6.93. The van der Waals surface area contributed by atoms with Gasteiger partial charge < -0.3 is 13.9 Å². The summed E-state index contributed by atoms with van der Waals surface area (Å²) in [6.45, 7) is 0.836. The van der Waals surface area contributed by atoms with Gasteiger partial charge >= 0.3 is 0 Å². The van der Waals surface area contributed by atoms with Crippen LogP contribution in [0, 0.1) is 0 Å². The number of hydrogen-bond donors (Lipinski definition) is 0. The van der Waals surface area contributed by atoms with Gasteiger partial charge in [-0.15, -0.1) is 0 Å². The number of furan rings is 1. The number of hydrogen-bond acceptors (Lipinski definition) is 5. The van der Waals surface area contributed by atoms with Gasteiger partial charge in [0.2, 0.25) is 0 Å². The summed E-state index contributed by atoms with van der Waals surface area (Å²) in [6.07, 6.45) is 0. The van der Waals surface area contributed by atoms with Crippen LogP contribution in [0.1, 0.15) is 10.4 Å². The van der Waals surface area contributed by atoms with E-state index in [1.54, 1.807) is 25.3 Å². The third kappa shape index (κ3) is 3.55. The molecule has 0 spiro atoms. The van der Waals surface area contributed by atoms with Gasteiger partial charge in [0.15, 0.2) is 4.67 Å². The number of methoxy groups -OCH3 is 1. The van der Waals surface area contributed by atoms with Crippen molar-refractivity contribution in [2.24, 2.45) is 0 Å². The van der Waals surface area contributed by atoms with Crippen LogP contribution in [0.15, 0.2) is 27.3 Å². The highest BCUT2D eigenvalue weighted by atomic mass is 79.9. The Bertz CT molecular complexity index is 640. The van der Waals surface area contributed by atoms with Crippen LogP contribution in [0.25, 0.3) is 11.0 Å². The molecule has 0 unspecified atom stereocenters. The molecule has 1 aromatic heterocycles. The first-order valence-corrected chi connectivity index (χ1v) is 7.03. The third-order valence-electron chi connectivity index (χ3n) is 2.92. The highest BCUT2D eigenvalue weighted by Crippen LogP contribution is 2.33. The monoisotopic (exact) mass is 357 g/mol. The predicted octanol–water partition coefficient (Wildman–Crippen LogP) is 2.85. The zero-order valence-electron chi connectivity index (χ0n) is 12.0. The lowest BCUT2D eigenvalue weighted by molar-refractivity contribution is -0.0757. The second-order valence-corrected chi connectivity index (χ2v) is 5.04. The molecular formula is C14H16BrNO5. The fourth-order valence-corrected chi connectivity index (χ4v) is 2.22. The molecule has 21 heavy (non-hydrogen) atoms. The first-order valence-electron chi connectivity index (χ1n) is 6.23. The molecule has 1 amide bonds. The van der Waals surface area contributed by atoms with E-state index >= 15 is 0 Å². The molecule has 114 valence electrons. The van der Waals surface area contributed by atoms with Crippen molar-refractivity contribution in [3.63, 3.8) is 0 Å². The minimum Gasteiger partial charge on any atom is -0.490 e. The summed E-state index contributed by atoms with van der Waals surface area (Å²) in [4.78, 5) is 17.1. The number of carbonyl (C=O) groups excluding carboxylic acids is 1. The van der Waals surface area contributed by atoms with Crippen LogP contribution in [0.2, 0.25) is 0 Å². The molecule has 6 nitrogen and oxygen atoms in total. The van der Waals surface area contributed by atoms with Crippen molar-refractivity contribution in [1.82, 2.24) is 5.06 Å². The van der Waals surface area contributed by atoms with Crippen molar-refractivity contribution in [3.8, 4) is 5.75 Å². The number of amides is 1. The highest BCUT2D eigenvalue weighted by molar-refractivity contribution is 9.10. The number of carbonyl (C=O) groups is 1. The summed E-state index contributed by atoms with van der Waals surface area (Å²) in [5, 5.41) is 1.92. The molecule has 7 heteroatoms. The maximum absolute atomic E-state index is 12.2. The smallest absolute Gasteiger partial charge is 0.277 e.